The molecule has 0 spiro atoms. The number of carbonyl (C=O) groups is 1. The Morgan fingerprint density at radius 3 is 2.63 bits per heavy atom. The lowest BCUT2D eigenvalue weighted by atomic mass is 9.95. The Morgan fingerprint density at radius 1 is 0.978 bits per heavy atom. The number of aromatic nitrogens is 6. The summed E-state index contributed by atoms with van der Waals surface area (Å²) >= 11 is 0. The lowest BCUT2D eigenvalue weighted by Gasteiger charge is -2.17. The van der Waals surface area contributed by atoms with E-state index in [-0.39, 0.29) is 11.7 Å². The first kappa shape index (κ1) is 29.5. The van der Waals surface area contributed by atoms with Gasteiger partial charge in [-0.1, -0.05) is 20.8 Å². The third-order valence-electron chi connectivity index (χ3n) is 8.26. The number of benzene rings is 1. The predicted octanol–water partition coefficient (Wildman–Crippen LogP) is 6.83. The molecular formula is C35H35FN8O2. The maximum atomic E-state index is 14.8. The van der Waals surface area contributed by atoms with Crippen molar-refractivity contribution in [2.24, 2.45) is 5.41 Å². The van der Waals surface area contributed by atoms with Gasteiger partial charge in [0.25, 0.3) is 0 Å². The van der Waals surface area contributed by atoms with Gasteiger partial charge >= 0.3 is 0 Å². The molecule has 0 atom stereocenters. The molecule has 1 saturated heterocycles. The SMILES string of the molecule is CC(C)(C)C(=O)Nc1cncc(-c2cnc3n[nH]c(-c4cc5c(-c6cc(F)cc(OCCN7CCCC7)c6)nccc5[nH]4)c3c2)c1. The average molecular weight is 619 g/mol. The van der Waals surface area contributed by atoms with Gasteiger partial charge in [-0.25, -0.2) is 9.37 Å². The first-order valence-electron chi connectivity index (χ1n) is 15.5. The average Bonchev–Trinajstić information content (AvgIpc) is 3.80. The molecule has 1 aromatic carbocycles. The fourth-order valence-electron chi connectivity index (χ4n) is 5.75. The third kappa shape index (κ3) is 6.05. The summed E-state index contributed by atoms with van der Waals surface area (Å²) in [6.07, 6.45) is 9.24. The number of H-pyrrole nitrogens is 2. The largest absolute Gasteiger partial charge is 0.492 e. The van der Waals surface area contributed by atoms with Crippen molar-refractivity contribution >= 4 is 33.5 Å². The van der Waals surface area contributed by atoms with Crippen molar-refractivity contribution in [2.45, 2.75) is 33.6 Å². The Balaban J connectivity index is 1.19. The van der Waals surface area contributed by atoms with E-state index in [1.807, 2.05) is 51.1 Å². The molecular weight excluding hydrogens is 583 g/mol. The number of likely N-dealkylation sites (tertiary alicyclic amines) is 1. The molecule has 3 N–H and O–H groups in total. The summed E-state index contributed by atoms with van der Waals surface area (Å²) in [7, 11) is 0. The van der Waals surface area contributed by atoms with E-state index in [0.29, 0.717) is 34.9 Å². The molecule has 0 bridgehead atoms. The quantitative estimate of drug-likeness (QED) is 0.171. The number of rotatable bonds is 8. The molecule has 0 aliphatic carbocycles. The van der Waals surface area contributed by atoms with E-state index in [1.165, 1.54) is 25.0 Å². The van der Waals surface area contributed by atoms with Crippen LogP contribution >= 0.6 is 0 Å². The minimum absolute atomic E-state index is 0.0932. The van der Waals surface area contributed by atoms with Crippen LogP contribution in [0.5, 0.6) is 5.75 Å². The number of halogens is 1. The van der Waals surface area contributed by atoms with Crippen molar-refractivity contribution in [1.29, 1.82) is 0 Å². The van der Waals surface area contributed by atoms with Crippen molar-refractivity contribution in [3.8, 4) is 39.5 Å². The number of aromatic amines is 2. The summed E-state index contributed by atoms with van der Waals surface area (Å²) in [5, 5.41) is 12.1. The Bertz CT molecular complexity index is 2060. The second-order valence-corrected chi connectivity index (χ2v) is 12.7. The summed E-state index contributed by atoms with van der Waals surface area (Å²) in [6.45, 7) is 9.09. The molecule has 1 aliphatic rings. The van der Waals surface area contributed by atoms with Crippen LogP contribution in [0.4, 0.5) is 10.1 Å². The van der Waals surface area contributed by atoms with Crippen molar-refractivity contribution < 1.29 is 13.9 Å². The zero-order valence-corrected chi connectivity index (χ0v) is 26.0. The molecule has 5 aromatic heterocycles. The topological polar surface area (TPSA) is 125 Å². The van der Waals surface area contributed by atoms with Crippen molar-refractivity contribution in [2.75, 3.05) is 31.6 Å². The van der Waals surface area contributed by atoms with Crippen LogP contribution in [0.1, 0.15) is 33.6 Å². The number of ether oxygens (including phenoxy) is 1. The zero-order chi connectivity index (χ0) is 31.8. The van der Waals surface area contributed by atoms with Crippen LogP contribution < -0.4 is 10.1 Å². The van der Waals surface area contributed by atoms with Gasteiger partial charge in [0.1, 0.15) is 18.2 Å². The lowest BCUT2D eigenvalue weighted by Crippen LogP contribution is -2.27. The normalized spacial score (nSPS) is 13.9. The van der Waals surface area contributed by atoms with E-state index in [4.69, 9.17) is 4.74 Å². The number of pyridine rings is 3. The molecule has 6 aromatic rings. The Morgan fingerprint density at radius 2 is 1.80 bits per heavy atom. The molecule has 1 amide bonds. The molecule has 0 radical (unpaired) electrons. The lowest BCUT2D eigenvalue weighted by molar-refractivity contribution is -0.123. The van der Waals surface area contributed by atoms with E-state index < -0.39 is 5.41 Å². The van der Waals surface area contributed by atoms with Gasteiger partial charge in [-0.2, -0.15) is 5.10 Å². The van der Waals surface area contributed by atoms with E-state index in [2.05, 4.69) is 40.3 Å². The van der Waals surface area contributed by atoms with Crippen LogP contribution in [0.15, 0.2) is 67.3 Å². The molecule has 11 heteroatoms. The van der Waals surface area contributed by atoms with Crippen LogP contribution in [-0.4, -0.2) is 67.2 Å². The van der Waals surface area contributed by atoms with Crippen LogP contribution in [0.3, 0.4) is 0 Å². The molecule has 0 saturated carbocycles. The number of amides is 1. The first-order valence-corrected chi connectivity index (χ1v) is 15.5. The Labute approximate surface area is 265 Å². The number of fused-ring (bicyclic) bond motifs is 2. The highest BCUT2D eigenvalue weighted by Crippen LogP contribution is 2.35. The minimum Gasteiger partial charge on any atom is -0.492 e. The summed E-state index contributed by atoms with van der Waals surface area (Å²) < 4.78 is 20.8. The van der Waals surface area contributed by atoms with Crippen LogP contribution in [0, 0.1) is 11.2 Å². The first-order chi connectivity index (χ1) is 22.2. The van der Waals surface area contributed by atoms with Gasteiger partial charge in [0.15, 0.2) is 5.65 Å². The number of nitrogens with zero attached hydrogens (tertiary/aromatic N) is 5. The molecule has 7 rings (SSSR count). The molecule has 46 heavy (non-hydrogen) atoms. The maximum Gasteiger partial charge on any atom is 0.229 e. The summed E-state index contributed by atoms with van der Waals surface area (Å²) in [5.74, 6) is 0.0146. The monoisotopic (exact) mass is 618 g/mol. The number of hydrogen-bond acceptors (Lipinski definition) is 7. The van der Waals surface area contributed by atoms with Crippen molar-refractivity contribution in [3.63, 3.8) is 0 Å². The second kappa shape index (κ2) is 12.0. The molecule has 10 nitrogen and oxygen atoms in total. The van der Waals surface area contributed by atoms with Gasteiger partial charge < -0.3 is 15.0 Å². The third-order valence-corrected chi connectivity index (χ3v) is 8.26. The highest BCUT2D eigenvalue weighted by Gasteiger charge is 2.22. The van der Waals surface area contributed by atoms with Gasteiger partial charge in [0, 0.05) is 69.6 Å². The van der Waals surface area contributed by atoms with E-state index in [1.54, 1.807) is 24.8 Å². The molecule has 0 unspecified atom stereocenters. The molecule has 1 aliphatic heterocycles. The van der Waals surface area contributed by atoms with Gasteiger partial charge in [-0.05, 0) is 62.3 Å². The second-order valence-electron chi connectivity index (χ2n) is 12.7. The fourth-order valence-corrected chi connectivity index (χ4v) is 5.75. The highest BCUT2D eigenvalue weighted by atomic mass is 19.1. The Hall–Kier alpha value is -5.16. The molecule has 1 fully saturated rings. The molecule has 6 heterocycles. The number of nitrogens with one attached hydrogen (secondary N) is 3. The summed E-state index contributed by atoms with van der Waals surface area (Å²) in [4.78, 5) is 31.9. The number of anilines is 1. The Kier molecular flexibility index (Phi) is 7.69. The molecule has 234 valence electrons. The minimum atomic E-state index is -0.533. The van der Waals surface area contributed by atoms with E-state index in [9.17, 15) is 9.18 Å². The number of carbonyl (C=O) groups excluding carboxylic acids is 1. The zero-order valence-electron chi connectivity index (χ0n) is 26.0. The van der Waals surface area contributed by atoms with Gasteiger partial charge in [-0.15, -0.1) is 0 Å². The highest BCUT2D eigenvalue weighted by molar-refractivity contribution is 6.00. The van der Waals surface area contributed by atoms with Gasteiger partial charge in [-0.3, -0.25) is 24.8 Å². The predicted molar refractivity (Wildman–Crippen MR) is 177 cm³/mol. The summed E-state index contributed by atoms with van der Waals surface area (Å²) in [5.41, 5.74) is 5.93. The standard InChI is InChI=1S/C35H35FN8O2/c1-35(2,3)34(45)40-25-13-22(18-37-20-25)23-15-28-32(42-43-33(28)39-19-23)30-17-27-29(41-30)6-7-38-31(27)21-12-24(36)16-26(14-21)46-11-10-44-8-4-5-9-44/h6-7,12-20,41H,4-5,8-11H2,1-3H3,(H,40,45)(H,39,42,43). The number of hydrogen-bond donors (Lipinski definition) is 3. The summed E-state index contributed by atoms with van der Waals surface area (Å²) in [6, 6.07) is 12.5. The van der Waals surface area contributed by atoms with E-state index >= 15 is 0 Å². The smallest absolute Gasteiger partial charge is 0.229 e. The van der Waals surface area contributed by atoms with Crippen LogP contribution in [-0.2, 0) is 4.79 Å². The van der Waals surface area contributed by atoms with E-state index in [0.717, 1.165) is 58.4 Å². The van der Waals surface area contributed by atoms with Crippen LogP contribution in [0.2, 0.25) is 0 Å². The van der Waals surface area contributed by atoms with Gasteiger partial charge in [0.2, 0.25) is 5.91 Å². The maximum absolute atomic E-state index is 14.8. The van der Waals surface area contributed by atoms with Gasteiger partial charge in [0.05, 0.1) is 29.0 Å². The van der Waals surface area contributed by atoms with Crippen LogP contribution in [0.25, 0.3) is 55.7 Å². The fraction of sp³-hybridized carbons (Fsp3) is 0.286. The van der Waals surface area contributed by atoms with Crippen molar-refractivity contribution in [1.82, 2.24) is 35.0 Å². The van der Waals surface area contributed by atoms with Crippen molar-refractivity contribution in [3.05, 3.63) is 73.1 Å².